The number of nitrogens with one attached hydrogen (secondary N) is 2. The van der Waals surface area contributed by atoms with Gasteiger partial charge in [-0.3, -0.25) is 14.4 Å². The van der Waals surface area contributed by atoms with Crippen LogP contribution in [0.4, 0.5) is 10.1 Å². The van der Waals surface area contributed by atoms with Gasteiger partial charge < -0.3 is 15.5 Å². The molecule has 2 N–H and O–H groups in total. The van der Waals surface area contributed by atoms with Gasteiger partial charge in [0.25, 0.3) is 17.7 Å². The Morgan fingerprint density at radius 2 is 1.45 bits per heavy atom. The maximum atomic E-state index is 13.0. The number of likely N-dealkylation sites (tertiary alicyclic amines) is 1. The molecule has 0 aliphatic carbocycles. The van der Waals surface area contributed by atoms with Gasteiger partial charge in [0.15, 0.2) is 0 Å². The third-order valence-corrected chi connectivity index (χ3v) is 5.54. The number of hydrogen-bond donors (Lipinski definition) is 2. The Morgan fingerprint density at radius 3 is 2.15 bits per heavy atom. The second-order valence-electron chi connectivity index (χ2n) is 7.92. The summed E-state index contributed by atoms with van der Waals surface area (Å²) in [5.74, 6) is -1.05. The Balaban J connectivity index is 1.33. The van der Waals surface area contributed by atoms with Crippen molar-refractivity contribution < 1.29 is 18.8 Å². The fourth-order valence-electron chi connectivity index (χ4n) is 3.70. The van der Waals surface area contributed by atoms with E-state index in [0.29, 0.717) is 28.9 Å². The number of benzene rings is 3. The summed E-state index contributed by atoms with van der Waals surface area (Å²) in [7, 11) is 0. The lowest BCUT2D eigenvalue weighted by molar-refractivity contribution is 0.0792. The van der Waals surface area contributed by atoms with E-state index in [0.717, 1.165) is 31.5 Å². The van der Waals surface area contributed by atoms with Gasteiger partial charge in [-0.25, -0.2) is 4.39 Å². The molecule has 0 bridgehead atoms. The van der Waals surface area contributed by atoms with Crippen LogP contribution < -0.4 is 10.6 Å². The van der Waals surface area contributed by atoms with Crippen LogP contribution in [-0.2, 0) is 6.54 Å². The lowest BCUT2D eigenvalue weighted by Crippen LogP contribution is -2.27. The molecule has 0 unspecified atom stereocenters. The van der Waals surface area contributed by atoms with Crippen molar-refractivity contribution in [2.45, 2.75) is 19.4 Å². The summed E-state index contributed by atoms with van der Waals surface area (Å²) in [6, 6.07) is 19.0. The van der Waals surface area contributed by atoms with E-state index in [2.05, 4.69) is 10.6 Å². The van der Waals surface area contributed by atoms with Crippen LogP contribution in [0.1, 0.15) is 49.5 Å². The Labute approximate surface area is 191 Å². The van der Waals surface area contributed by atoms with Gasteiger partial charge in [-0.1, -0.05) is 18.2 Å². The zero-order valence-corrected chi connectivity index (χ0v) is 18.0. The van der Waals surface area contributed by atoms with E-state index in [1.165, 1.54) is 24.3 Å². The number of halogens is 1. The SMILES string of the molecule is O=C(NCc1ccc(C(=O)N2CCCC2)cc1)c1cccc(NC(=O)c2ccc(F)cc2)c1. The summed E-state index contributed by atoms with van der Waals surface area (Å²) in [5.41, 5.74) is 2.70. The van der Waals surface area contributed by atoms with Crippen molar-refractivity contribution >= 4 is 23.4 Å². The van der Waals surface area contributed by atoms with Gasteiger partial charge in [-0.05, 0) is 73.0 Å². The molecule has 3 amide bonds. The molecule has 0 saturated carbocycles. The molecule has 0 radical (unpaired) electrons. The van der Waals surface area contributed by atoms with Crippen molar-refractivity contribution in [2.75, 3.05) is 18.4 Å². The molecule has 1 heterocycles. The van der Waals surface area contributed by atoms with E-state index in [1.807, 2.05) is 17.0 Å². The second kappa shape index (κ2) is 10.1. The van der Waals surface area contributed by atoms with Gasteiger partial charge in [0.1, 0.15) is 5.82 Å². The predicted molar refractivity (Wildman–Crippen MR) is 124 cm³/mol. The lowest BCUT2D eigenvalue weighted by atomic mass is 10.1. The molecule has 0 spiro atoms. The molecule has 1 aliphatic rings. The summed E-state index contributed by atoms with van der Waals surface area (Å²) >= 11 is 0. The van der Waals surface area contributed by atoms with Gasteiger partial charge >= 0.3 is 0 Å². The molecule has 168 valence electrons. The van der Waals surface area contributed by atoms with Crippen molar-refractivity contribution in [3.8, 4) is 0 Å². The van der Waals surface area contributed by atoms with Crippen LogP contribution in [0, 0.1) is 5.82 Å². The maximum absolute atomic E-state index is 13.0. The van der Waals surface area contributed by atoms with Crippen LogP contribution in [0.2, 0.25) is 0 Å². The average molecular weight is 445 g/mol. The average Bonchev–Trinajstić information content (AvgIpc) is 3.38. The molecule has 33 heavy (non-hydrogen) atoms. The third kappa shape index (κ3) is 5.63. The molecule has 4 rings (SSSR count). The third-order valence-electron chi connectivity index (χ3n) is 5.54. The van der Waals surface area contributed by atoms with Crippen molar-refractivity contribution in [1.82, 2.24) is 10.2 Å². The standard InChI is InChI=1S/C26H24FN3O3/c27-22-12-10-19(11-13-22)25(32)29-23-5-3-4-21(16-23)24(31)28-17-18-6-8-20(9-7-18)26(33)30-14-1-2-15-30/h3-13,16H,1-2,14-15,17H2,(H,28,31)(H,29,32). The normalized spacial score (nSPS) is 12.9. The van der Waals surface area contributed by atoms with Crippen LogP contribution in [0.3, 0.4) is 0 Å². The molecular formula is C26H24FN3O3. The number of carbonyl (C=O) groups excluding carboxylic acids is 3. The minimum absolute atomic E-state index is 0.0441. The zero-order chi connectivity index (χ0) is 23.2. The molecule has 7 heteroatoms. The topological polar surface area (TPSA) is 78.5 Å². The number of hydrogen-bond acceptors (Lipinski definition) is 3. The first kappa shape index (κ1) is 22.2. The van der Waals surface area contributed by atoms with E-state index in [4.69, 9.17) is 0 Å². The summed E-state index contributed by atoms with van der Waals surface area (Å²) in [5, 5.41) is 5.56. The molecular weight excluding hydrogens is 421 g/mol. The molecule has 0 atom stereocenters. The first-order chi connectivity index (χ1) is 16.0. The highest BCUT2D eigenvalue weighted by Crippen LogP contribution is 2.15. The number of carbonyl (C=O) groups is 3. The van der Waals surface area contributed by atoms with Gasteiger partial charge in [0.05, 0.1) is 0 Å². The van der Waals surface area contributed by atoms with Crippen LogP contribution in [0.15, 0.2) is 72.8 Å². The Hall–Kier alpha value is -4.00. The van der Waals surface area contributed by atoms with Crippen molar-refractivity contribution in [2.24, 2.45) is 0 Å². The predicted octanol–water partition coefficient (Wildman–Crippen LogP) is 4.24. The maximum Gasteiger partial charge on any atom is 0.255 e. The first-order valence-corrected chi connectivity index (χ1v) is 10.8. The molecule has 3 aromatic carbocycles. The van der Waals surface area contributed by atoms with Crippen LogP contribution in [0.5, 0.6) is 0 Å². The fraction of sp³-hybridized carbons (Fsp3) is 0.192. The van der Waals surface area contributed by atoms with Gasteiger partial charge in [-0.2, -0.15) is 0 Å². The minimum atomic E-state index is -0.418. The second-order valence-corrected chi connectivity index (χ2v) is 7.92. The highest BCUT2D eigenvalue weighted by molar-refractivity contribution is 6.05. The largest absolute Gasteiger partial charge is 0.348 e. The monoisotopic (exact) mass is 445 g/mol. The van der Waals surface area contributed by atoms with Crippen LogP contribution in [0.25, 0.3) is 0 Å². The fourth-order valence-corrected chi connectivity index (χ4v) is 3.70. The highest BCUT2D eigenvalue weighted by Gasteiger charge is 2.19. The Bertz CT molecular complexity index is 1150. The Morgan fingerprint density at radius 1 is 0.788 bits per heavy atom. The van der Waals surface area contributed by atoms with Gasteiger partial charge in [-0.15, -0.1) is 0 Å². The van der Waals surface area contributed by atoms with Gasteiger partial charge in [0, 0.05) is 42.0 Å². The first-order valence-electron chi connectivity index (χ1n) is 10.8. The van der Waals surface area contributed by atoms with Gasteiger partial charge in [0.2, 0.25) is 0 Å². The number of nitrogens with zero attached hydrogens (tertiary/aromatic N) is 1. The van der Waals surface area contributed by atoms with E-state index in [1.54, 1.807) is 36.4 Å². The summed E-state index contributed by atoms with van der Waals surface area (Å²) < 4.78 is 13.0. The number of anilines is 1. The van der Waals surface area contributed by atoms with E-state index < -0.39 is 11.7 Å². The van der Waals surface area contributed by atoms with Crippen LogP contribution >= 0.6 is 0 Å². The quantitative estimate of drug-likeness (QED) is 0.596. The molecule has 6 nitrogen and oxygen atoms in total. The molecule has 1 fully saturated rings. The van der Waals surface area contributed by atoms with Crippen molar-refractivity contribution in [3.63, 3.8) is 0 Å². The summed E-state index contributed by atoms with van der Waals surface area (Å²) in [6.07, 6.45) is 2.10. The lowest BCUT2D eigenvalue weighted by Gasteiger charge is -2.15. The van der Waals surface area contributed by atoms with E-state index in [9.17, 15) is 18.8 Å². The highest BCUT2D eigenvalue weighted by atomic mass is 19.1. The summed E-state index contributed by atoms with van der Waals surface area (Å²) in [6.45, 7) is 1.92. The van der Waals surface area contributed by atoms with Crippen molar-refractivity contribution in [3.05, 3.63) is 101 Å². The Kier molecular flexibility index (Phi) is 6.78. The zero-order valence-electron chi connectivity index (χ0n) is 18.0. The molecule has 0 aromatic heterocycles. The smallest absolute Gasteiger partial charge is 0.255 e. The molecule has 1 aliphatic heterocycles. The number of amides is 3. The van der Waals surface area contributed by atoms with Crippen molar-refractivity contribution in [1.29, 1.82) is 0 Å². The van der Waals surface area contributed by atoms with Crippen LogP contribution in [-0.4, -0.2) is 35.7 Å². The minimum Gasteiger partial charge on any atom is -0.348 e. The van der Waals surface area contributed by atoms with E-state index >= 15 is 0 Å². The molecule has 3 aromatic rings. The molecule has 1 saturated heterocycles. The summed E-state index contributed by atoms with van der Waals surface area (Å²) in [4.78, 5) is 39.2. The number of rotatable bonds is 6. The van der Waals surface area contributed by atoms with E-state index in [-0.39, 0.29) is 11.8 Å².